The first-order valence-electron chi connectivity index (χ1n) is 43.3. The van der Waals surface area contributed by atoms with Crippen LogP contribution in [0.25, 0.3) is 11.1 Å². The van der Waals surface area contributed by atoms with Gasteiger partial charge in [-0.3, -0.25) is 53.4 Å². The molecule has 22 atom stereocenters. The summed E-state index contributed by atoms with van der Waals surface area (Å²) in [6.07, 6.45) is -16.0. The third kappa shape index (κ3) is 23.5. The molecule has 6 aromatic rings. The smallest absolute Gasteiger partial charge is 0.248 e. The number of ketones is 2. The van der Waals surface area contributed by atoms with Crippen molar-refractivity contribution in [2.75, 3.05) is 20.2 Å². The molecule has 8 aliphatic heterocycles. The molecule has 0 saturated carbocycles. The van der Waals surface area contributed by atoms with Gasteiger partial charge in [0.1, 0.15) is 95.5 Å². The Kier molecular flexibility index (Phi) is 32.9. The van der Waals surface area contributed by atoms with Crippen LogP contribution in [0.2, 0.25) is 5.02 Å². The first kappa shape index (κ1) is 99.3. The second-order valence-electron chi connectivity index (χ2n) is 34.7. The van der Waals surface area contributed by atoms with Crippen LogP contribution in [0.3, 0.4) is 0 Å². The highest BCUT2D eigenvalue weighted by atomic mass is 35.5. The molecule has 0 aliphatic carbocycles. The van der Waals surface area contributed by atoms with Crippen molar-refractivity contribution < 1.29 is 132 Å². The number of aromatic hydroxyl groups is 3. The Hall–Kier alpha value is -10.7. The maximum Gasteiger partial charge on any atom is 0.248 e. The van der Waals surface area contributed by atoms with E-state index in [0.717, 1.165) is 86.2 Å². The van der Waals surface area contributed by atoms with Crippen LogP contribution >= 0.6 is 11.6 Å². The predicted octanol–water partition coefficient (Wildman–Crippen LogP) is 3.00. The summed E-state index contributed by atoms with van der Waals surface area (Å²) in [6.45, 7) is 9.67. The molecule has 131 heavy (non-hydrogen) atoms. The molecule has 40 nitrogen and oxygen atoms in total. The van der Waals surface area contributed by atoms with Crippen molar-refractivity contribution in [3.05, 3.63) is 158 Å². The van der Waals surface area contributed by atoms with E-state index in [9.17, 15) is 65.5 Å². The SMILES string of the molecule is CCCCCCCCc1ccc(CONCC(=O)C(=O)[C@H]2NC(=O)[C@H]3NC(=O)[C@H](NC(=O)[C@@H]4NC(=O)[C@H](CC(N)=O)NC(=O)[C@H](NC(=O)[C@@H](CC(C)C)NC)C(O)c5ccc(c(Cl)c5)Oc5cc4cc(c5O[C@@H]4O[C@H](CO)[C@@H](O)[C@H](O)[C@H]4O[C@H]4C[C@](C)(NN[O-])[C@@H](O)[C@H](C)O4)Oc4ccc(cc4)[C@H]3O[C@H]3C[C@](C)(N)[C@@H](O)[C@H](C)O3)c3ccc(O)c(c3)-c3c(O)cc(O)cc32)cc1. The lowest BCUT2D eigenvalue weighted by Gasteiger charge is -2.48. The molecule has 41 heteroatoms. The van der Waals surface area contributed by atoms with Gasteiger partial charge in [0.15, 0.2) is 30.2 Å². The van der Waals surface area contributed by atoms with Crippen LogP contribution in [0.4, 0.5) is 0 Å². The number of nitrogens with one attached hydrogen (secondary N) is 10. The number of amides is 7. The summed E-state index contributed by atoms with van der Waals surface area (Å²) in [4.78, 5) is 144. The van der Waals surface area contributed by atoms with Crippen molar-refractivity contribution in [2.45, 2.75) is 259 Å². The number of unbranched alkanes of at least 4 members (excludes halogenated alkanes) is 5. The first-order chi connectivity index (χ1) is 62.3. The highest BCUT2D eigenvalue weighted by Gasteiger charge is 2.53. The number of nitrogens with two attached hydrogens (primary N) is 2. The lowest BCUT2D eigenvalue weighted by Crippen LogP contribution is -2.66. The molecular weight excluding hydrogens is 1730 g/mol. The molecule has 23 N–H and O–H groups in total. The highest BCUT2D eigenvalue weighted by Crippen LogP contribution is 2.50. The van der Waals surface area contributed by atoms with Crippen molar-refractivity contribution in [3.63, 3.8) is 0 Å². The van der Waals surface area contributed by atoms with Crippen LogP contribution in [0.5, 0.6) is 46.0 Å². The summed E-state index contributed by atoms with van der Waals surface area (Å²) in [5.74, 6) is -16.9. The number of benzene rings is 6. The van der Waals surface area contributed by atoms with E-state index in [0.29, 0.717) is 5.56 Å². The van der Waals surface area contributed by atoms with E-state index in [-0.39, 0.29) is 65.0 Å². The molecule has 3 saturated heterocycles. The molecule has 14 rings (SSSR count). The zero-order valence-electron chi connectivity index (χ0n) is 73.2. The number of hydrazine groups is 1. The van der Waals surface area contributed by atoms with Crippen LogP contribution < -0.4 is 79.4 Å². The summed E-state index contributed by atoms with van der Waals surface area (Å²) >= 11 is 7.20. The van der Waals surface area contributed by atoms with E-state index < -0.39 is 263 Å². The quantitative estimate of drug-likeness (QED) is 0.0175. The van der Waals surface area contributed by atoms with Crippen LogP contribution in [0.15, 0.2) is 109 Å². The zero-order valence-corrected chi connectivity index (χ0v) is 74.0. The summed E-state index contributed by atoms with van der Waals surface area (Å²) in [6, 6.07) is 8.71. The van der Waals surface area contributed by atoms with Gasteiger partial charge in [0, 0.05) is 35.6 Å². The molecule has 0 aromatic heterocycles. The van der Waals surface area contributed by atoms with Crippen molar-refractivity contribution >= 4 is 64.5 Å². The number of carbonyl (C=O) groups is 9. The topological polar surface area (TPSA) is 614 Å². The number of ether oxygens (including phenoxy) is 8. The number of carbonyl (C=O) groups excluding carboxylic acids is 9. The van der Waals surface area contributed by atoms with Gasteiger partial charge in [0.05, 0.1) is 67.2 Å². The number of hydroxylamine groups is 1. The molecule has 6 aromatic carbocycles. The number of hydrogen-bond acceptors (Lipinski definition) is 33. The average molecular weight is 1850 g/mol. The number of aliphatic hydroxyl groups excluding tert-OH is 6. The number of aliphatic hydroxyl groups is 6. The molecule has 3 fully saturated rings. The Labute approximate surface area is 758 Å². The molecule has 710 valence electrons. The van der Waals surface area contributed by atoms with Crippen molar-refractivity contribution in [1.29, 1.82) is 0 Å². The van der Waals surface area contributed by atoms with Gasteiger partial charge < -0.3 is 143 Å². The molecule has 0 spiro atoms. The van der Waals surface area contributed by atoms with Gasteiger partial charge in [-0.15, -0.1) is 0 Å². The van der Waals surface area contributed by atoms with Crippen LogP contribution in [0.1, 0.15) is 182 Å². The van der Waals surface area contributed by atoms with E-state index in [1.807, 2.05) is 38.1 Å². The summed E-state index contributed by atoms with van der Waals surface area (Å²) in [5, 5.41) is 136. The number of likely N-dealkylation sites (N-methyl/N-ethyl adjacent to an activating group) is 1. The fourth-order valence-electron chi connectivity index (χ4n) is 16.8. The summed E-state index contributed by atoms with van der Waals surface area (Å²) < 4.78 is 52.3. The van der Waals surface area contributed by atoms with Gasteiger partial charge >= 0.3 is 0 Å². The molecule has 7 amide bonds. The maximum absolute atomic E-state index is 16.7. The number of aryl methyl sites for hydroxylation is 1. The Morgan fingerprint density at radius 1 is 0.672 bits per heavy atom. The second-order valence-corrected chi connectivity index (χ2v) is 35.1. The van der Waals surface area contributed by atoms with E-state index in [4.69, 9.17) is 65.8 Å². The number of phenols is 3. The minimum absolute atomic E-state index is 0.0794. The van der Waals surface area contributed by atoms with Gasteiger partial charge in [-0.25, -0.2) is 0 Å². The van der Waals surface area contributed by atoms with E-state index in [2.05, 4.69) is 55.0 Å². The van der Waals surface area contributed by atoms with E-state index >= 15 is 28.8 Å². The van der Waals surface area contributed by atoms with Crippen LogP contribution in [-0.2, 0) is 84.7 Å². The zero-order chi connectivity index (χ0) is 94.8. The Morgan fingerprint density at radius 2 is 1.31 bits per heavy atom. The minimum atomic E-state index is -2.40. The van der Waals surface area contributed by atoms with Gasteiger partial charge in [-0.1, -0.05) is 113 Å². The minimum Gasteiger partial charge on any atom is -0.774 e. The fourth-order valence-corrected chi connectivity index (χ4v) is 17.1. The number of hydrogen-bond donors (Lipinski definition) is 21. The number of fused-ring (bicyclic) bond motifs is 15. The Balaban J connectivity index is 1.05. The monoisotopic (exact) mass is 1850 g/mol. The molecule has 11 bridgehead atoms. The number of halogens is 1. The first-order valence-corrected chi connectivity index (χ1v) is 43.7. The Morgan fingerprint density at radius 3 is 1.98 bits per heavy atom. The number of phenolic OH excluding ortho intramolecular Hbond substituents is 3. The molecule has 8 heterocycles. The number of rotatable bonds is 30. The lowest BCUT2D eigenvalue weighted by molar-refractivity contribution is -0.335. The maximum atomic E-state index is 16.7. The normalized spacial score (nSPS) is 28.9. The van der Waals surface area contributed by atoms with Crippen LogP contribution in [-0.4, -0.2) is 222 Å². The largest absolute Gasteiger partial charge is 0.774 e. The van der Waals surface area contributed by atoms with Gasteiger partial charge in [0.25, 0.3) is 0 Å². The Bertz CT molecular complexity index is 5120. The highest BCUT2D eigenvalue weighted by molar-refractivity contribution is 6.40. The van der Waals surface area contributed by atoms with Crippen molar-refractivity contribution in [3.8, 4) is 57.1 Å². The van der Waals surface area contributed by atoms with Crippen LogP contribution in [0, 0.1) is 11.1 Å². The van der Waals surface area contributed by atoms with Gasteiger partial charge in [-0.05, 0) is 153 Å². The molecule has 8 aliphatic rings. The van der Waals surface area contributed by atoms with Gasteiger partial charge in [0.2, 0.25) is 65.0 Å². The average Bonchev–Trinajstić information content (AvgIpc) is 0.767. The lowest BCUT2D eigenvalue weighted by atomic mass is 9.86. The summed E-state index contributed by atoms with van der Waals surface area (Å²) in [5.41, 5.74) is 15.1. The predicted molar refractivity (Wildman–Crippen MR) is 465 cm³/mol. The standard InChI is InChI=1S/C90H114ClN12O28/c1-9-10-11-12-13-14-15-44-16-18-45(19-17-44)40-123-95-38-59(108)74(111)70-53-33-50(105)34-58(107)67(53)52-29-47(22-26-57(52)106)68-84(118)101-72(87(121)99-70)77(129-65-36-89(6,93)80(114)42(4)124-65)46-20-24-51(25-21-46)126-61-31-49-32-62(78(61)131-88-79(76(113)75(112)63(39-104)128-88)130-66-37-90(7,102-103-122)81(115)43(5)125-66)127-60-27-23-48(30-54(60)91)73(110)71(100-82(116)55(94-8)28-41(2)3)86(120)96-56(35-64(92)109)83(117)97-69(49)85(119)98-68/h16-27,29-34,41-43,55-56,63,65-66,68-73,75-77,79-81,88,94-95,102-107,110,112-115H,9-15,28,35-40,93H2,1-8H3,(H2,92,109)(H,96,120)(H,97,117)(H,98,119)(H,99,121)(H,100,116)(H,101,118)/q-1/t42-,43-,55+,56-,63+,65-,66-,68+,69+,70-,71+,72-,73?,75+,76-,77+,79+,80-,81-,88-,89-,90-/m0/s1. The van der Waals surface area contributed by atoms with Crippen molar-refractivity contribution in [2.24, 2.45) is 17.4 Å². The third-order valence-corrected chi connectivity index (χ3v) is 24.4. The third-order valence-electron chi connectivity index (χ3n) is 24.1. The van der Waals surface area contributed by atoms with E-state index in [1.165, 1.54) is 84.0 Å². The van der Waals surface area contributed by atoms with E-state index in [1.54, 1.807) is 5.59 Å². The molecule has 1 unspecified atom stereocenters. The van der Waals surface area contributed by atoms with Gasteiger partial charge in [-0.2, -0.15) is 5.48 Å². The number of Topliss-reactive ketones (excluding diaryl/α,β-unsaturated/α-hetero) is 2. The second kappa shape index (κ2) is 43.3. The number of primary amides is 1. The fraction of sp³-hybridized carbons (Fsp3) is 0.500. The molecular formula is C90H114ClN12O28-. The van der Waals surface area contributed by atoms with Crippen molar-refractivity contribution in [1.82, 2.24) is 53.7 Å². The summed E-state index contributed by atoms with van der Waals surface area (Å²) in [7, 11) is 1.47. The molecule has 0 radical (unpaired) electrons.